The Balaban J connectivity index is 1.25. The van der Waals surface area contributed by atoms with Crippen LogP contribution in [0, 0.1) is 6.92 Å². The van der Waals surface area contributed by atoms with Crippen molar-refractivity contribution in [1.82, 2.24) is 25.1 Å². The largest absolute Gasteiger partial charge is 0.462 e. The summed E-state index contributed by atoms with van der Waals surface area (Å²) in [4.78, 5) is 17.1. The number of anilines is 2. The first-order chi connectivity index (χ1) is 23.5. The number of aromatic nitrogens is 2. The Bertz CT molecular complexity index is 2000. The third kappa shape index (κ3) is 5.48. The molecule has 1 atom stereocenters. The number of benzene rings is 1. The van der Waals surface area contributed by atoms with Crippen molar-refractivity contribution in [3.8, 4) is 17.0 Å². The number of hydrogen-bond acceptors (Lipinski definition) is 12. The van der Waals surface area contributed by atoms with E-state index in [1.165, 1.54) is 19.1 Å². The molecule has 5 N–H and O–H groups in total. The number of rotatable bonds is 6. The molecule has 5 aliphatic heterocycles. The molecule has 5 aliphatic rings. The molecule has 7 heterocycles. The van der Waals surface area contributed by atoms with Gasteiger partial charge >= 0.3 is 12.1 Å². The lowest BCUT2D eigenvalue weighted by atomic mass is 9.93. The van der Waals surface area contributed by atoms with Gasteiger partial charge < -0.3 is 40.6 Å². The van der Waals surface area contributed by atoms with Gasteiger partial charge in [-0.25, -0.2) is 9.97 Å². The molecule has 12 nitrogen and oxygen atoms in total. The highest BCUT2D eigenvalue weighted by Gasteiger charge is 2.58. The normalized spacial score (nSPS) is 22.6. The molecule has 3 aromatic rings. The Kier molecular flexibility index (Phi) is 7.59. The fourth-order valence-corrected chi connectivity index (χ4v) is 8.01. The number of aryl methyl sites for hydroxylation is 1. The van der Waals surface area contributed by atoms with Gasteiger partial charge in [-0.05, 0) is 50.1 Å². The highest BCUT2D eigenvalue weighted by Crippen LogP contribution is 2.47. The van der Waals surface area contributed by atoms with Crippen LogP contribution in [0.3, 0.4) is 0 Å². The minimum Gasteiger partial charge on any atom is -0.462 e. The average Bonchev–Trinajstić information content (AvgIpc) is 3.72. The van der Waals surface area contributed by atoms with Crippen molar-refractivity contribution in [2.75, 3.05) is 51.0 Å². The van der Waals surface area contributed by atoms with Crippen LogP contribution < -0.4 is 32.1 Å². The lowest BCUT2D eigenvalue weighted by Gasteiger charge is -2.31. The molecule has 258 valence electrons. The summed E-state index contributed by atoms with van der Waals surface area (Å²) in [6, 6.07) is 6.26. The fraction of sp³-hybridized carbons (Fsp3) is 0.424. The highest BCUT2D eigenvalue weighted by atomic mass is 35.5. The average molecular weight is 699 g/mol. The van der Waals surface area contributed by atoms with Crippen molar-refractivity contribution in [2.45, 2.75) is 50.2 Å². The van der Waals surface area contributed by atoms with E-state index in [-0.39, 0.29) is 64.4 Å². The van der Waals surface area contributed by atoms with Crippen molar-refractivity contribution < 1.29 is 32.1 Å². The smallest absolute Gasteiger partial charge is 0.418 e. The second-order valence-electron chi connectivity index (χ2n) is 12.9. The van der Waals surface area contributed by atoms with Crippen molar-refractivity contribution in [3.05, 3.63) is 74.9 Å². The van der Waals surface area contributed by atoms with Crippen LogP contribution in [0.25, 0.3) is 17.1 Å². The van der Waals surface area contributed by atoms with Crippen molar-refractivity contribution in [1.29, 1.82) is 0 Å². The number of alkyl halides is 3. The Hall–Kier alpha value is -4.31. The minimum absolute atomic E-state index is 0.0251. The number of pyridine rings is 2. The topological polar surface area (TPSA) is 146 Å². The van der Waals surface area contributed by atoms with Crippen molar-refractivity contribution in [2.24, 2.45) is 4.99 Å². The number of halogens is 4. The first kappa shape index (κ1) is 31.9. The van der Waals surface area contributed by atoms with Crippen LogP contribution in [0.5, 0.6) is 5.75 Å². The zero-order chi connectivity index (χ0) is 34.1. The first-order valence-corrected chi connectivity index (χ1v) is 16.3. The summed E-state index contributed by atoms with van der Waals surface area (Å²) >= 11 is 6.93. The molecule has 0 saturated carbocycles. The number of fused-ring (bicyclic) bond motifs is 1. The predicted octanol–water partition coefficient (Wildman–Crippen LogP) is 3.23. The van der Waals surface area contributed by atoms with Gasteiger partial charge in [0, 0.05) is 23.7 Å². The van der Waals surface area contributed by atoms with Crippen LogP contribution in [0.15, 0.2) is 47.6 Å². The third-order valence-corrected chi connectivity index (χ3v) is 10.2. The highest BCUT2D eigenvalue weighted by molar-refractivity contribution is 6.33. The number of hydrogen-bond donors (Lipinski definition) is 3. The van der Waals surface area contributed by atoms with Crippen molar-refractivity contribution in [3.63, 3.8) is 0 Å². The van der Waals surface area contributed by atoms with Gasteiger partial charge in [0.05, 0.1) is 64.9 Å². The standard InChI is InChI=1S/C33H34ClF3N8O4/c1-18-10-22(38)43-27(25(18)33(35,36)37)20-11-21-24-28(26(20)34)41-17-42-30(24)44(12-19-4-2-6-40-29(19)39)13-23(49-21)46-16-31-5-3-7-45(31)15-32(14-31)47-8-9-48-32/h2,4,6,10-11,13,42H,3,5,7-9,12,14-17H2,1H3,(H2,38,43)(H2,39,40)/t31-/m0/s1. The molecule has 0 radical (unpaired) electrons. The van der Waals surface area contributed by atoms with Crippen molar-refractivity contribution >= 4 is 29.1 Å². The quantitative estimate of drug-likeness (QED) is 0.349. The summed E-state index contributed by atoms with van der Waals surface area (Å²) < 4.78 is 68.5. The molecule has 3 fully saturated rings. The molecule has 0 bridgehead atoms. The van der Waals surface area contributed by atoms with E-state index in [0.717, 1.165) is 24.9 Å². The first-order valence-electron chi connectivity index (χ1n) is 16.0. The van der Waals surface area contributed by atoms with Crippen LogP contribution in [0.1, 0.15) is 36.0 Å². The third-order valence-electron chi connectivity index (χ3n) is 9.79. The second kappa shape index (κ2) is 11.6. The molecule has 16 heteroatoms. The van der Waals surface area contributed by atoms with E-state index < -0.39 is 23.2 Å². The summed E-state index contributed by atoms with van der Waals surface area (Å²) in [5, 5.41) is 3.95. The van der Waals surface area contributed by atoms with Gasteiger partial charge in [-0.2, -0.15) is 13.2 Å². The Labute approximate surface area is 284 Å². The molecule has 0 unspecified atom stereocenters. The van der Waals surface area contributed by atoms with E-state index in [0.29, 0.717) is 43.0 Å². The molecular formula is C33H34ClF3N8O4. The molecular weight excluding hydrogens is 665 g/mol. The Morgan fingerprint density at radius 1 is 1.18 bits per heavy atom. The second-order valence-corrected chi connectivity index (χ2v) is 13.3. The van der Waals surface area contributed by atoms with Gasteiger partial charge in [0.2, 0.25) is 0 Å². The number of nitrogens with two attached hydrogens (primary N) is 2. The van der Waals surface area contributed by atoms with Gasteiger partial charge in [-0.3, -0.25) is 9.89 Å². The molecule has 8 rings (SSSR count). The summed E-state index contributed by atoms with van der Waals surface area (Å²) in [6.07, 6.45) is 1.08. The maximum atomic E-state index is 14.5. The van der Waals surface area contributed by atoms with Crippen LogP contribution >= 0.6 is 11.6 Å². The summed E-state index contributed by atoms with van der Waals surface area (Å²) in [5.41, 5.74) is 11.1. The Morgan fingerprint density at radius 2 is 2.00 bits per heavy atom. The van der Waals surface area contributed by atoms with Gasteiger partial charge in [-0.15, -0.1) is 0 Å². The molecule has 1 aromatic carbocycles. The zero-order valence-electron chi connectivity index (χ0n) is 26.6. The van der Waals surface area contributed by atoms with Gasteiger partial charge in [0.15, 0.2) is 5.79 Å². The Morgan fingerprint density at radius 3 is 2.78 bits per heavy atom. The molecule has 3 saturated heterocycles. The predicted molar refractivity (Wildman–Crippen MR) is 173 cm³/mol. The SMILES string of the molecule is Cc1cc(N)nc(-c2cc3c4c(c2Cl)=NCNC=4N(Cc2cccnc2N)C=C(OC[C@@]24CCCN2CC2(C4)OCCO2)O3)c1C(F)(F)F. The van der Waals surface area contributed by atoms with E-state index in [9.17, 15) is 13.2 Å². The summed E-state index contributed by atoms with van der Waals surface area (Å²) in [6.45, 7) is 4.56. The minimum atomic E-state index is -4.74. The van der Waals surface area contributed by atoms with Gasteiger partial charge in [-0.1, -0.05) is 17.7 Å². The molecule has 0 amide bonds. The fourth-order valence-electron chi connectivity index (χ4n) is 7.71. The molecule has 1 spiro atoms. The maximum Gasteiger partial charge on any atom is 0.418 e. The molecule has 2 aromatic heterocycles. The van der Waals surface area contributed by atoms with Crippen LogP contribution in [0.2, 0.25) is 5.02 Å². The van der Waals surface area contributed by atoms with E-state index in [1.807, 2.05) is 11.0 Å². The van der Waals surface area contributed by atoms with E-state index in [1.54, 1.807) is 18.5 Å². The monoisotopic (exact) mass is 698 g/mol. The lowest BCUT2D eigenvalue weighted by Crippen LogP contribution is -2.44. The van der Waals surface area contributed by atoms with E-state index in [4.69, 9.17) is 42.0 Å². The summed E-state index contributed by atoms with van der Waals surface area (Å²) in [5.74, 6) is 0.440. The number of nitrogen functional groups attached to an aromatic ring is 2. The van der Waals surface area contributed by atoms with E-state index in [2.05, 4.69) is 25.2 Å². The van der Waals surface area contributed by atoms with Gasteiger partial charge in [0.1, 0.15) is 36.5 Å². The molecule has 0 aliphatic carbocycles. The van der Waals surface area contributed by atoms with Crippen LogP contribution in [0.4, 0.5) is 24.8 Å². The van der Waals surface area contributed by atoms with Gasteiger partial charge in [0.25, 0.3) is 0 Å². The zero-order valence-corrected chi connectivity index (χ0v) is 27.3. The van der Waals surface area contributed by atoms with E-state index >= 15 is 0 Å². The maximum absolute atomic E-state index is 14.5. The number of nitrogens with zero attached hydrogens (tertiary/aromatic N) is 5. The van der Waals surface area contributed by atoms with Crippen LogP contribution in [-0.2, 0) is 26.9 Å². The number of nitrogens with one attached hydrogen (secondary N) is 1. The van der Waals surface area contributed by atoms with Crippen LogP contribution in [-0.4, -0.2) is 70.7 Å². The number of ether oxygens (including phenoxy) is 4. The summed E-state index contributed by atoms with van der Waals surface area (Å²) in [7, 11) is 0. The lowest BCUT2D eigenvalue weighted by molar-refractivity contribution is -0.148. The molecule has 49 heavy (non-hydrogen) atoms.